The Bertz CT molecular complexity index is 1060. The van der Waals surface area contributed by atoms with Crippen LogP contribution in [0.1, 0.15) is 19.4 Å². The highest BCUT2D eigenvalue weighted by atomic mass is 16.6. The van der Waals surface area contributed by atoms with Gasteiger partial charge in [0.2, 0.25) is 0 Å². The van der Waals surface area contributed by atoms with Gasteiger partial charge in [0, 0.05) is 5.69 Å². The van der Waals surface area contributed by atoms with Gasteiger partial charge in [-0.15, -0.1) is 0 Å². The van der Waals surface area contributed by atoms with Crippen molar-refractivity contribution in [2.24, 2.45) is 0 Å². The summed E-state index contributed by atoms with van der Waals surface area (Å²) < 4.78 is 17.1. The third-order valence-corrected chi connectivity index (χ3v) is 6.12. The highest BCUT2D eigenvalue weighted by molar-refractivity contribution is 6.06. The molecule has 0 spiro atoms. The van der Waals surface area contributed by atoms with E-state index in [-0.39, 0.29) is 24.4 Å². The first kappa shape index (κ1) is 23.7. The van der Waals surface area contributed by atoms with Crippen LogP contribution >= 0.6 is 0 Å². The van der Waals surface area contributed by atoms with Crippen molar-refractivity contribution in [2.45, 2.75) is 37.5 Å². The van der Waals surface area contributed by atoms with Gasteiger partial charge in [0.1, 0.15) is 11.2 Å². The predicted molar refractivity (Wildman–Crippen MR) is 127 cm³/mol. The Kier molecular flexibility index (Phi) is 6.86. The van der Waals surface area contributed by atoms with Crippen LogP contribution in [-0.2, 0) is 30.2 Å². The van der Waals surface area contributed by atoms with Gasteiger partial charge in [-0.05, 0) is 50.1 Å². The summed E-state index contributed by atoms with van der Waals surface area (Å²) in [5.74, 6) is -1.37. The SMILES string of the molecule is CCOC(=O)C1=C(C(=O)OCC)C2(C(Cc3ccccc3)Nc3ccccc3)C=CC1(CO)O2. The summed E-state index contributed by atoms with van der Waals surface area (Å²) in [5, 5.41) is 13.8. The summed E-state index contributed by atoms with van der Waals surface area (Å²) in [6.45, 7) is 3.10. The number of aliphatic hydroxyl groups is 1. The molecule has 2 aliphatic rings. The van der Waals surface area contributed by atoms with E-state index in [2.05, 4.69) is 5.32 Å². The first-order chi connectivity index (χ1) is 16.5. The Morgan fingerprint density at radius 3 is 2.09 bits per heavy atom. The minimum atomic E-state index is -1.48. The molecular formula is C27H29NO6. The van der Waals surface area contributed by atoms with Gasteiger partial charge in [-0.1, -0.05) is 48.5 Å². The minimum absolute atomic E-state index is 0.00859. The molecule has 178 valence electrons. The molecule has 2 aromatic rings. The summed E-state index contributed by atoms with van der Waals surface area (Å²) in [6, 6.07) is 18.9. The zero-order valence-electron chi connectivity index (χ0n) is 19.3. The van der Waals surface area contributed by atoms with Crippen molar-refractivity contribution in [1.29, 1.82) is 0 Å². The monoisotopic (exact) mass is 463 g/mol. The highest BCUT2D eigenvalue weighted by Gasteiger charge is 2.65. The number of aliphatic hydroxyl groups excluding tert-OH is 1. The van der Waals surface area contributed by atoms with E-state index in [1.807, 2.05) is 60.7 Å². The van der Waals surface area contributed by atoms with E-state index in [0.717, 1.165) is 11.3 Å². The van der Waals surface area contributed by atoms with E-state index >= 15 is 0 Å². The molecule has 7 nitrogen and oxygen atoms in total. The van der Waals surface area contributed by atoms with Crippen molar-refractivity contribution in [1.82, 2.24) is 0 Å². The number of esters is 2. The number of hydrogen-bond donors (Lipinski definition) is 2. The van der Waals surface area contributed by atoms with Crippen LogP contribution in [0.3, 0.4) is 0 Å². The van der Waals surface area contributed by atoms with Crippen LogP contribution in [0.15, 0.2) is 84.0 Å². The van der Waals surface area contributed by atoms with Crippen LogP contribution in [0.4, 0.5) is 5.69 Å². The zero-order valence-corrected chi connectivity index (χ0v) is 19.3. The number of rotatable bonds is 10. The molecule has 0 fully saturated rings. The van der Waals surface area contributed by atoms with Crippen molar-refractivity contribution in [3.8, 4) is 0 Å². The Morgan fingerprint density at radius 2 is 1.50 bits per heavy atom. The van der Waals surface area contributed by atoms with Crippen LogP contribution in [0.2, 0.25) is 0 Å². The summed E-state index contributed by atoms with van der Waals surface area (Å²) in [7, 11) is 0. The Labute approximate surface area is 199 Å². The standard InChI is InChI=1S/C27H29NO6/c1-3-32-24(30)22-23(25(31)33-4-2)27(16-15-26(22,18-29)34-27)21(17-19-11-7-5-8-12-19)28-20-13-9-6-10-14-20/h5-16,21,28-29H,3-4,17-18H2,1-2H3. The minimum Gasteiger partial charge on any atom is -0.463 e. The Hall–Kier alpha value is -3.42. The number of ether oxygens (including phenoxy) is 3. The van der Waals surface area contributed by atoms with Gasteiger partial charge >= 0.3 is 11.9 Å². The first-order valence-electron chi connectivity index (χ1n) is 11.5. The van der Waals surface area contributed by atoms with Gasteiger partial charge in [-0.3, -0.25) is 0 Å². The van der Waals surface area contributed by atoms with Crippen LogP contribution in [0, 0.1) is 0 Å². The van der Waals surface area contributed by atoms with Crippen LogP contribution < -0.4 is 5.32 Å². The van der Waals surface area contributed by atoms with E-state index in [1.165, 1.54) is 0 Å². The maximum atomic E-state index is 13.3. The number of hydrogen-bond acceptors (Lipinski definition) is 7. The fourth-order valence-electron chi connectivity index (χ4n) is 4.67. The molecular weight excluding hydrogens is 434 g/mol. The van der Waals surface area contributed by atoms with Gasteiger partial charge in [-0.2, -0.15) is 0 Å². The number of fused-ring (bicyclic) bond motifs is 2. The molecule has 2 heterocycles. The second-order valence-electron chi connectivity index (χ2n) is 8.22. The molecule has 0 radical (unpaired) electrons. The molecule has 3 atom stereocenters. The molecule has 2 N–H and O–H groups in total. The molecule has 7 heteroatoms. The second kappa shape index (κ2) is 9.83. The number of carbonyl (C=O) groups excluding carboxylic acids is 2. The topological polar surface area (TPSA) is 94.1 Å². The summed E-state index contributed by atoms with van der Waals surface area (Å²) in [4.78, 5) is 26.4. The lowest BCUT2D eigenvalue weighted by molar-refractivity contribution is -0.142. The molecule has 0 aliphatic carbocycles. The summed E-state index contributed by atoms with van der Waals surface area (Å²) >= 11 is 0. The first-order valence-corrected chi connectivity index (χ1v) is 11.5. The van der Waals surface area contributed by atoms with E-state index in [1.54, 1.807) is 26.0 Å². The molecule has 3 unspecified atom stereocenters. The lowest BCUT2D eigenvalue weighted by atomic mass is 9.76. The van der Waals surface area contributed by atoms with E-state index in [0.29, 0.717) is 6.42 Å². The number of anilines is 1. The summed E-state index contributed by atoms with van der Waals surface area (Å²) in [5.41, 5.74) is -0.954. The van der Waals surface area contributed by atoms with Crippen molar-refractivity contribution in [3.05, 3.63) is 89.5 Å². The molecule has 0 saturated heterocycles. The average molecular weight is 464 g/mol. The third kappa shape index (κ3) is 4.13. The van der Waals surface area contributed by atoms with E-state index in [4.69, 9.17) is 14.2 Å². The number of nitrogens with one attached hydrogen (secondary N) is 1. The van der Waals surface area contributed by atoms with Crippen LogP contribution in [0.5, 0.6) is 0 Å². The van der Waals surface area contributed by atoms with Gasteiger partial charge in [0.25, 0.3) is 0 Å². The number of para-hydroxylation sites is 1. The van der Waals surface area contributed by atoms with E-state index in [9.17, 15) is 14.7 Å². The largest absolute Gasteiger partial charge is 0.463 e. The average Bonchev–Trinajstić information content (AvgIpc) is 3.39. The number of benzene rings is 2. The second-order valence-corrected chi connectivity index (χ2v) is 8.22. The van der Waals surface area contributed by atoms with Gasteiger partial charge in [0.05, 0.1) is 37.0 Å². The molecule has 2 aromatic carbocycles. The maximum absolute atomic E-state index is 13.3. The predicted octanol–water partition coefficient (Wildman–Crippen LogP) is 3.20. The smallest absolute Gasteiger partial charge is 0.338 e. The van der Waals surface area contributed by atoms with E-state index < -0.39 is 35.8 Å². The van der Waals surface area contributed by atoms with Crippen LogP contribution in [-0.4, -0.2) is 54.1 Å². The zero-order chi connectivity index (χ0) is 24.2. The molecule has 0 amide bonds. The van der Waals surface area contributed by atoms with Gasteiger partial charge in [0.15, 0.2) is 0 Å². The molecule has 34 heavy (non-hydrogen) atoms. The Balaban J connectivity index is 1.87. The van der Waals surface area contributed by atoms with Crippen molar-refractivity contribution in [2.75, 3.05) is 25.1 Å². The lowest BCUT2D eigenvalue weighted by Gasteiger charge is -2.36. The number of carbonyl (C=O) groups is 2. The quantitative estimate of drug-likeness (QED) is 0.413. The normalized spacial score (nSPS) is 23.6. The fourth-order valence-corrected chi connectivity index (χ4v) is 4.67. The van der Waals surface area contributed by atoms with Crippen LogP contribution in [0.25, 0.3) is 0 Å². The highest BCUT2D eigenvalue weighted by Crippen LogP contribution is 2.53. The van der Waals surface area contributed by atoms with Gasteiger partial charge in [-0.25, -0.2) is 9.59 Å². The lowest BCUT2D eigenvalue weighted by Crippen LogP contribution is -2.50. The molecule has 2 aliphatic heterocycles. The maximum Gasteiger partial charge on any atom is 0.338 e. The third-order valence-electron chi connectivity index (χ3n) is 6.12. The van der Waals surface area contributed by atoms with Crippen molar-refractivity contribution >= 4 is 17.6 Å². The van der Waals surface area contributed by atoms with Crippen molar-refractivity contribution < 1.29 is 28.9 Å². The molecule has 0 aromatic heterocycles. The fraction of sp³-hybridized carbons (Fsp3) is 0.333. The Morgan fingerprint density at radius 1 is 0.912 bits per heavy atom. The molecule has 2 bridgehead atoms. The summed E-state index contributed by atoms with van der Waals surface area (Å²) in [6.07, 6.45) is 3.87. The molecule has 0 saturated carbocycles. The van der Waals surface area contributed by atoms with Gasteiger partial charge < -0.3 is 24.6 Å². The van der Waals surface area contributed by atoms with Crippen molar-refractivity contribution in [3.63, 3.8) is 0 Å². The molecule has 4 rings (SSSR count).